The van der Waals surface area contributed by atoms with E-state index < -0.39 is 23.5 Å². The zero-order valence-electron chi connectivity index (χ0n) is 12.7. The van der Waals surface area contributed by atoms with Gasteiger partial charge in [-0.3, -0.25) is 9.59 Å². The maximum absolute atomic E-state index is 12.0. The molecule has 0 radical (unpaired) electrons. The second kappa shape index (κ2) is 4.69. The summed E-state index contributed by atoms with van der Waals surface area (Å²) in [5.74, 6) is -2.15. The summed E-state index contributed by atoms with van der Waals surface area (Å²) < 4.78 is 5.77. The molecule has 23 heavy (non-hydrogen) atoms. The van der Waals surface area contributed by atoms with Gasteiger partial charge >= 0.3 is 11.9 Å². The van der Waals surface area contributed by atoms with E-state index in [2.05, 4.69) is 0 Å². The van der Waals surface area contributed by atoms with E-state index >= 15 is 0 Å². The smallest absolute Gasteiger partial charge is 0.311 e. The topological polar surface area (TPSA) is 63.6 Å². The fourth-order valence-electron chi connectivity index (χ4n) is 4.30. The predicted octanol–water partition coefficient (Wildman–Crippen LogP) is 3.04. The van der Waals surface area contributed by atoms with Crippen molar-refractivity contribution in [3.05, 3.63) is 70.8 Å². The van der Waals surface area contributed by atoms with E-state index in [9.17, 15) is 14.7 Å². The van der Waals surface area contributed by atoms with Gasteiger partial charge in [-0.15, -0.1) is 0 Å². The Hall–Kier alpha value is -2.62. The molecule has 1 atom stereocenters. The minimum absolute atomic E-state index is 0.0286. The van der Waals surface area contributed by atoms with Crippen LogP contribution < -0.4 is 0 Å². The highest BCUT2D eigenvalue weighted by molar-refractivity contribution is 5.79. The molecule has 0 saturated heterocycles. The zero-order chi connectivity index (χ0) is 16.2. The summed E-state index contributed by atoms with van der Waals surface area (Å²) >= 11 is 0. The molecule has 5 rings (SSSR count). The molecule has 4 heteroatoms. The second-order valence-electron chi connectivity index (χ2n) is 6.18. The summed E-state index contributed by atoms with van der Waals surface area (Å²) in [4.78, 5) is 23.8. The van der Waals surface area contributed by atoms with Gasteiger partial charge in [0.1, 0.15) is 5.92 Å². The largest absolute Gasteiger partial charge is 0.481 e. The van der Waals surface area contributed by atoms with Crippen molar-refractivity contribution >= 4 is 11.9 Å². The van der Waals surface area contributed by atoms with Crippen molar-refractivity contribution in [2.75, 3.05) is 0 Å². The Morgan fingerprint density at radius 3 is 2.04 bits per heavy atom. The Labute approximate surface area is 133 Å². The van der Waals surface area contributed by atoms with Crippen LogP contribution in [0.1, 0.15) is 41.5 Å². The fraction of sp³-hybridized carbons (Fsp3) is 0.263. The molecule has 2 aromatic rings. The van der Waals surface area contributed by atoms with Crippen LogP contribution in [0, 0.1) is 5.92 Å². The van der Waals surface area contributed by atoms with Crippen LogP contribution in [0.2, 0.25) is 0 Å². The summed E-state index contributed by atoms with van der Waals surface area (Å²) in [6.45, 7) is 1.33. The number of carboxylic acids is 1. The Kier molecular flexibility index (Phi) is 2.85. The van der Waals surface area contributed by atoms with Crippen LogP contribution in [0.4, 0.5) is 0 Å². The molecule has 0 heterocycles. The van der Waals surface area contributed by atoms with Crippen LogP contribution in [0.25, 0.3) is 0 Å². The molecule has 0 aliphatic heterocycles. The summed E-state index contributed by atoms with van der Waals surface area (Å²) in [6, 6.07) is 15.4. The number of carboxylic acid groups (broad SMARTS) is 1. The number of hydrogen-bond acceptors (Lipinski definition) is 3. The lowest BCUT2D eigenvalue weighted by Crippen LogP contribution is -2.52. The van der Waals surface area contributed by atoms with E-state index in [4.69, 9.17) is 4.74 Å². The summed E-state index contributed by atoms with van der Waals surface area (Å²) in [6.07, 6.45) is 0.441. The molecule has 0 spiro atoms. The normalized spacial score (nSPS) is 27.0. The molecule has 1 N–H and O–H groups in total. The molecule has 116 valence electrons. The monoisotopic (exact) mass is 308 g/mol. The Morgan fingerprint density at radius 1 is 1.04 bits per heavy atom. The number of hydrogen-bond donors (Lipinski definition) is 1. The van der Waals surface area contributed by atoms with Crippen molar-refractivity contribution in [2.45, 2.75) is 24.9 Å². The SMILES string of the molecule is CC(=O)OC12c3ccccc3C(C[C@H]1C(=O)O)c1ccccc12. The van der Waals surface area contributed by atoms with Gasteiger partial charge in [-0.25, -0.2) is 0 Å². The van der Waals surface area contributed by atoms with Crippen LogP contribution in [0.15, 0.2) is 48.5 Å². The van der Waals surface area contributed by atoms with Crippen LogP contribution in [0.5, 0.6) is 0 Å². The van der Waals surface area contributed by atoms with Gasteiger partial charge in [-0.2, -0.15) is 0 Å². The van der Waals surface area contributed by atoms with E-state index in [1.807, 2.05) is 48.5 Å². The van der Waals surface area contributed by atoms with E-state index in [1.54, 1.807) is 0 Å². The first-order valence-corrected chi connectivity index (χ1v) is 7.67. The molecule has 0 saturated carbocycles. The van der Waals surface area contributed by atoms with Gasteiger partial charge in [0.25, 0.3) is 0 Å². The molecule has 4 nitrogen and oxygen atoms in total. The van der Waals surface area contributed by atoms with E-state index in [0.29, 0.717) is 6.42 Å². The van der Waals surface area contributed by atoms with Gasteiger partial charge in [0.15, 0.2) is 5.60 Å². The minimum Gasteiger partial charge on any atom is -0.481 e. The number of benzene rings is 2. The van der Waals surface area contributed by atoms with Gasteiger partial charge in [0, 0.05) is 24.0 Å². The van der Waals surface area contributed by atoms with E-state index in [0.717, 1.165) is 22.3 Å². The van der Waals surface area contributed by atoms with Crippen molar-refractivity contribution < 1.29 is 19.4 Å². The molecular formula is C19H16O4. The van der Waals surface area contributed by atoms with Crippen molar-refractivity contribution in [3.63, 3.8) is 0 Å². The Balaban J connectivity index is 2.10. The lowest BCUT2D eigenvalue weighted by atomic mass is 9.56. The van der Waals surface area contributed by atoms with Crippen molar-refractivity contribution in [2.24, 2.45) is 5.92 Å². The maximum Gasteiger partial charge on any atom is 0.311 e. The van der Waals surface area contributed by atoms with Crippen LogP contribution >= 0.6 is 0 Å². The average Bonchev–Trinajstić information content (AvgIpc) is 2.54. The van der Waals surface area contributed by atoms with Crippen molar-refractivity contribution in [3.8, 4) is 0 Å². The van der Waals surface area contributed by atoms with Gasteiger partial charge in [-0.05, 0) is 17.5 Å². The number of esters is 1. The van der Waals surface area contributed by atoms with Crippen LogP contribution in [-0.4, -0.2) is 17.0 Å². The van der Waals surface area contributed by atoms with Crippen LogP contribution in [0.3, 0.4) is 0 Å². The number of ether oxygens (including phenoxy) is 1. The average molecular weight is 308 g/mol. The minimum atomic E-state index is -1.24. The molecule has 0 amide bonds. The number of aliphatic carboxylic acids is 1. The van der Waals surface area contributed by atoms with Gasteiger partial charge in [0.2, 0.25) is 0 Å². The summed E-state index contributed by atoms with van der Waals surface area (Å²) in [5.41, 5.74) is 2.49. The highest BCUT2D eigenvalue weighted by Gasteiger charge is 2.59. The first-order valence-electron chi connectivity index (χ1n) is 7.67. The Morgan fingerprint density at radius 2 is 1.57 bits per heavy atom. The van der Waals surface area contributed by atoms with Crippen molar-refractivity contribution in [1.82, 2.24) is 0 Å². The molecule has 0 fully saturated rings. The molecular weight excluding hydrogens is 292 g/mol. The summed E-state index contributed by atoms with van der Waals surface area (Å²) in [5, 5.41) is 9.80. The molecule has 2 aromatic carbocycles. The molecule has 3 aliphatic carbocycles. The Bertz CT molecular complexity index is 776. The second-order valence-corrected chi connectivity index (χ2v) is 6.18. The van der Waals surface area contributed by atoms with Crippen LogP contribution in [-0.2, 0) is 19.9 Å². The molecule has 3 aliphatic rings. The first kappa shape index (κ1) is 14.0. The maximum atomic E-state index is 12.0. The van der Waals surface area contributed by atoms with Gasteiger partial charge in [-0.1, -0.05) is 48.5 Å². The van der Waals surface area contributed by atoms with E-state index in [1.165, 1.54) is 6.92 Å². The number of carbonyl (C=O) groups excluding carboxylic acids is 1. The quantitative estimate of drug-likeness (QED) is 0.866. The third kappa shape index (κ3) is 1.72. The van der Waals surface area contributed by atoms with Crippen molar-refractivity contribution in [1.29, 1.82) is 0 Å². The lowest BCUT2D eigenvalue weighted by molar-refractivity contribution is -0.171. The summed E-state index contributed by atoms with van der Waals surface area (Å²) in [7, 11) is 0. The third-order valence-electron chi connectivity index (χ3n) is 5.04. The number of rotatable bonds is 2. The number of fused-ring (bicyclic) bond motifs is 1. The predicted molar refractivity (Wildman–Crippen MR) is 83.0 cm³/mol. The van der Waals surface area contributed by atoms with Gasteiger partial charge < -0.3 is 9.84 Å². The highest BCUT2D eigenvalue weighted by atomic mass is 16.6. The zero-order valence-corrected chi connectivity index (χ0v) is 12.7. The fourth-order valence-corrected chi connectivity index (χ4v) is 4.30. The molecule has 2 bridgehead atoms. The number of carbonyl (C=O) groups is 2. The van der Waals surface area contributed by atoms with E-state index in [-0.39, 0.29) is 5.92 Å². The first-order chi connectivity index (χ1) is 11.1. The highest BCUT2D eigenvalue weighted by Crippen LogP contribution is 2.59. The molecule has 0 unspecified atom stereocenters. The van der Waals surface area contributed by atoms with Gasteiger partial charge in [0.05, 0.1) is 0 Å². The molecule has 0 aromatic heterocycles. The lowest BCUT2D eigenvalue weighted by Gasteiger charge is -2.51. The third-order valence-corrected chi connectivity index (χ3v) is 5.04. The standard InChI is InChI=1S/C19H16O4/c1-11(20)23-19-15-8-4-2-6-12(15)14(10-17(19)18(21)22)13-7-3-5-9-16(13)19/h2-9,14,17H,10H2,1H3,(H,21,22)/t14?,17-,19?/m0/s1.